The minimum absolute atomic E-state index is 0. The molecule has 4 saturated heterocycles. The number of hydrogen-bond acceptors (Lipinski definition) is 4. The van der Waals surface area contributed by atoms with Gasteiger partial charge in [0, 0.05) is 52.9 Å². The van der Waals surface area contributed by atoms with Gasteiger partial charge in [-0.25, -0.2) is 0 Å². The Morgan fingerprint density at radius 3 is 0.696 bits per heavy atom. The van der Waals surface area contributed by atoms with E-state index in [0.717, 1.165) is 75.6 Å². The minimum Gasteiger partial charge on any atom is -0.663 e. The fraction of sp³-hybridized carbons (Fsp3) is 0.583. The number of nitrogens with zero attached hydrogens (tertiary/aromatic N) is 2. The first-order chi connectivity index (χ1) is 25.8. The molecule has 0 radical (unpaired) electrons. The van der Waals surface area contributed by atoms with Crippen molar-refractivity contribution in [3.63, 3.8) is 0 Å². The normalized spacial score (nSPS) is 20.4. The van der Waals surface area contributed by atoms with Crippen LogP contribution < -0.4 is 47.7 Å². The zero-order chi connectivity index (χ0) is 38.7. The van der Waals surface area contributed by atoms with Crippen LogP contribution in [0.25, 0.3) is 0 Å². The molecular weight excluding hydrogens is 682 g/mol. The fourth-order valence-electron chi connectivity index (χ4n) is 7.34. The first-order valence-electron chi connectivity index (χ1n) is 20.7. The molecule has 8 bridgehead atoms. The van der Waals surface area contributed by atoms with E-state index < -0.39 is 0 Å². The third-order valence-electron chi connectivity index (χ3n) is 11.8. The van der Waals surface area contributed by atoms with Crippen LogP contribution in [-0.2, 0) is 40.6 Å². The number of rotatable bonds is 0. The van der Waals surface area contributed by atoms with Crippen LogP contribution in [0, 0.1) is 0 Å². The molecule has 0 unspecified atom stereocenters. The Balaban J connectivity index is 0.000000307. The molecule has 8 heteroatoms. The van der Waals surface area contributed by atoms with Gasteiger partial charge in [-0.1, -0.05) is 128 Å². The minimum atomic E-state index is -0.202. The van der Waals surface area contributed by atoms with Gasteiger partial charge in [-0.2, -0.15) is 0 Å². The zero-order valence-electron chi connectivity index (χ0n) is 36.8. The summed E-state index contributed by atoms with van der Waals surface area (Å²) >= 11 is 0. The fourth-order valence-corrected chi connectivity index (χ4v) is 7.34. The molecule has 0 spiro atoms. The second kappa shape index (κ2) is 22.4. The number of aromatic nitrogens is 2. The van der Waals surface area contributed by atoms with Crippen molar-refractivity contribution in [3.8, 4) is 0 Å². The van der Waals surface area contributed by atoms with Crippen LogP contribution in [0.3, 0.4) is 0 Å². The molecule has 0 saturated carbocycles. The first-order valence-corrected chi connectivity index (χ1v) is 20.7. The van der Waals surface area contributed by atoms with Crippen LogP contribution in [0.2, 0.25) is 0 Å². The van der Waals surface area contributed by atoms with Gasteiger partial charge in [-0.15, -0.1) is 22.8 Å². The maximum Gasteiger partial charge on any atom is 1.00 e. The number of ether oxygens (including phenoxy) is 4. The topological polar surface area (TPSA) is 65.1 Å². The average molecular weight is 751 g/mol. The largest absolute Gasteiger partial charge is 1.00 e. The van der Waals surface area contributed by atoms with Crippen molar-refractivity contribution >= 4 is 0 Å². The van der Waals surface area contributed by atoms with Crippen molar-refractivity contribution in [2.75, 3.05) is 52.9 Å². The van der Waals surface area contributed by atoms with Gasteiger partial charge in [0.2, 0.25) is 0 Å². The van der Waals surface area contributed by atoms with E-state index in [1.165, 1.54) is 73.6 Å². The Morgan fingerprint density at radius 1 is 0.339 bits per heavy atom. The molecule has 2 aromatic heterocycles. The van der Waals surface area contributed by atoms with E-state index in [4.69, 9.17) is 28.9 Å². The SMILES string of the molecule is C1CCOC1.C1CCOC1.C1CCOC1.C1CCOC1.CC1(C)c2cccc(c2)C(C)(C)c2ccc([n-]2)C(C)(C)c2cccc(c2)C(C)(C)c2ccc1[n-]2.[Li+].[Li+]. The molecular formula is C48H68Li2N2O4. The molecule has 4 fully saturated rings. The van der Waals surface area contributed by atoms with Crippen LogP contribution in [0.1, 0.15) is 152 Å². The summed E-state index contributed by atoms with van der Waals surface area (Å²) in [4.78, 5) is 10.5. The van der Waals surface area contributed by atoms with E-state index in [0.29, 0.717) is 0 Å². The third-order valence-corrected chi connectivity index (χ3v) is 11.8. The van der Waals surface area contributed by atoms with Crippen molar-refractivity contribution in [1.29, 1.82) is 0 Å². The van der Waals surface area contributed by atoms with Gasteiger partial charge in [0.15, 0.2) is 0 Å². The van der Waals surface area contributed by atoms with Gasteiger partial charge in [-0.05, 0) is 95.3 Å². The van der Waals surface area contributed by atoms with E-state index in [2.05, 4.69) is 128 Å². The van der Waals surface area contributed by atoms with Gasteiger partial charge in [0.25, 0.3) is 0 Å². The van der Waals surface area contributed by atoms with Crippen LogP contribution in [0.5, 0.6) is 0 Å². The molecule has 0 aliphatic carbocycles. The smallest absolute Gasteiger partial charge is 0.663 e. The summed E-state index contributed by atoms with van der Waals surface area (Å²) in [7, 11) is 0. The first kappa shape index (κ1) is 48.4. The van der Waals surface area contributed by atoms with Gasteiger partial charge in [-0.3, -0.25) is 0 Å². The molecule has 4 aromatic rings. The summed E-state index contributed by atoms with van der Waals surface area (Å²) < 4.78 is 19.8. The number of benzene rings is 2. The number of fused-ring (bicyclic) bond motifs is 8. The Hall–Kier alpha value is -1.97. The molecule has 9 rings (SSSR count). The van der Waals surface area contributed by atoms with E-state index in [9.17, 15) is 0 Å². The van der Waals surface area contributed by atoms with Crippen molar-refractivity contribution in [2.24, 2.45) is 0 Å². The number of hydrogen-bond donors (Lipinski definition) is 0. The average Bonchev–Trinajstić information content (AvgIpc) is 4.02. The van der Waals surface area contributed by atoms with Gasteiger partial charge >= 0.3 is 37.7 Å². The molecule has 7 heterocycles. The molecule has 5 aliphatic rings. The van der Waals surface area contributed by atoms with E-state index in [-0.39, 0.29) is 59.4 Å². The maximum absolute atomic E-state index is 5.23. The molecule has 6 nitrogen and oxygen atoms in total. The van der Waals surface area contributed by atoms with Gasteiger partial charge in [0.05, 0.1) is 0 Å². The Labute approximate surface area is 363 Å². The van der Waals surface area contributed by atoms with Crippen molar-refractivity contribution in [1.82, 2.24) is 9.97 Å². The second-order valence-corrected chi connectivity index (χ2v) is 17.4. The molecule has 0 atom stereocenters. The molecule has 56 heavy (non-hydrogen) atoms. The standard InChI is InChI=1S/C32H36N2.4C4H8O.2Li/c1-29(2)21-11-9-12-22(19-21)30(3,4)27-17-18-28(34-27)32(7,8)24-14-10-13-23(20-24)31(5,6)26-16-15-25(29)33-26;4*1-2-4-5-3-1;;/h9-20H,1-8H3;4*1-4H2;;/q-2;;;;;2*+1. The molecule has 2 aromatic carbocycles. The van der Waals surface area contributed by atoms with Gasteiger partial charge in [0.1, 0.15) is 0 Å². The molecule has 0 N–H and O–H groups in total. The van der Waals surface area contributed by atoms with E-state index in [1.807, 2.05) is 0 Å². The van der Waals surface area contributed by atoms with Crippen LogP contribution in [0.4, 0.5) is 0 Å². The predicted molar refractivity (Wildman–Crippen MR) is 221 cm³/mol. The molecule has 296 valence electrons. The van der Waals surface area contributed by atoms with Crippen molar-refractivity contribution in [3.05, 3.63) is 118 Å². The van der Waals surface area contributed by atoms with Crippen LogP contribution in [0.15, 0.2) is 72.8 Å². The summed E-state index contributed by atoms with van der Waals surface area (Å²) in [5, 5.41) is 0. The van der Waals surface area contributed by atoms with Crippen LogP contribution in [-0.4, -0.2) is 52.9 Å². The van der Waals surface area contributed by atoms with Crippen molar-refractivity contribution < 1.29 is 56.7 Å². The Morgan fingerprint density at radius 2 is 0.536 bits per heavy atom. The van der Waals surface area contributed by atoms with Crippen LogP contribution >= 0.6 is 0 Å². The Kier molecular flexibility index (Phi) is 19.4. The summed E-state index contributed by atoms with van der Waals surface area (Å²) in [5.74, 6) is 0. The predicted octanol–water partition coefficient (Wildman–Crippen LogP) is 4.41. The van der Waals surface area contributed by atoms with E-state index >= 15 is 0 Å². The molecule has 0 amide bonds. The monoisotopic (exact) mass is 751 g/mol. The Bertz CT molecular complexity index is 1440. The summed E-state index contributed by atoms with van der Waals surface area (Å²) in [6.45, 7) is 26.2. The third kappa shape index (κ3) is 12.5. The maximum atomic E-state index is 5.23. The molecule has 5 aliphatic heterocycles. The van der Waals surface area contributed by atoms with E-state index in [1.54, 1.807) is 0 Å². The van der Waals surface area contributed by atoms with Crippen molar-refractivity contribution in [2.45, 2.75) is 128 Å². The second-order valence-electron chi connectivity index (χ2n) is 17.4. The quantitative estimate of drug-likeness (QED) is 0.249. The van der Waals surface area contributed by atoms with Gasteiger partial charge < -0.3 is 28.9 Å². The zero-order valence-corrected chi connectivity index (χ0v) is 36.8. The summed E-state index contributed by atoms with van der Waals surface area (Å²) in [5.41, 5.74) is 8.76. The summed E-state index contributed by atoms with van der Waals surface area (Å²) in [6.07, 6.45) is 10.2. The summed E-state index contributed by atoms with van der Waals surface area (Å²) in [6, 6.07) is 26.9.